The number of ether oxygens (including phenoxy) is 1. The topological polar surface area (TPSA) is 41.9 Å². The molecule has 1 aliphatic heterocycles. The Hall–Kier alpha value is -1.42. The van der Waals surface area contributed by atoms with Gasteiger partial charge >= 0.3 is 0 Å². The van der Waals surface area contributed by atoms with E-state index in [1.807, 2.05) is 6.07 Å². The lowest BCUT2D eigenvalue weighted by Crippen LogP contribution is -2.36. The smallest absolute Gasteiger partial charge is 0.111 e. The molecule has 0 atom stereocenters. The molecule has 0 aromatic heterocycles. The lowest BCUT2D eigenvalue weighted by atomic mass is 10.0. The fourth-order valence-electron chi connectivity index (χ4n) is 2.82. The summed E-state index contributed by atoms with van der Waals surface area (Å²) in [6, 6.07) is 4.20. The van der Waals surface area contributed by atoms with Crippen LogP contribution in [0.2, 0.25) is 0 Å². The van der Waals surface area contributed by atoms with Crippen molar-refractivity contribution < 1.29 is 4.74 Å². The molecule has 4 nitrogen and oxygen atoms in total. The third kappa shape index (κ3) is 2.50. The van der Waals surface area contributed by atoms with Crippen LogP contribution < -0.4 is 4.90 Å². The zero-order chi connectivity index (χ0) is 13.2. The maximum absolute atomic E-state index is 11.0. The molecular weight excluding hydrogens is 240 g/mol. The highest BCUT2D eigenvalue weighted by molar-refractivity contribution is 5.65. The van der Waals surface area contributed by atoms with Crippen molar-refractivity contribution in [1.82, 2.24) is 0 Å². The summed E-state index contributed by atoms with van der Waals surface area (Å²) in [6.07, 6.45) is 3.31. The summed E-state index contributed by atoms with van der Waals surface area (Å²) in [7, 11) is 0. The zero-order valence-corrected chi connectivity index (χ0v) is 11.4. The molecule has 102 valence electrons. The van der Waals surface area contributed by atoms with Crippen LogP contribution in [0, 0.1) is 4.91 Å². The monoisotopic (exact) mass is 260 g/mol. The van der Waals surface area contributed by atoms with E-state index in [4.69, 9.17) is 4.74 Å². The fraction of sp³-hybridized carbons (Fsp3) is 0.600. The van der Waals surface area contributed by atoms with Gasteiger partial charge in [0.15, 0.2) is 0 Å². The van der Waals surface area contributed by atoms with Crippen molar-refractivity contribution in [3.05, 3.63) is 28.2 Å². The van der Waals surface area contributed by atoms with Crippen LogP contribution in [0.15, 0.2) is 17.3 Å². The standard InChI is InChI=1S/C15H20N2O2/c1-2-11-9-14(16-18)13(12-3-4-12)10-15(11)17-5-7-19-8-6-17/h9-10,12H,2-8H2,1H3. The average molecular weight is 260 g/mol. The van der Waals surface area contributed by atoms with Crippen LogP contribution in [0.25, 0.3) is 0 Å². The molecule has 1 saturated heterocycles. The molecule has 0 unspecified atom stereocenters. The van der Waals surface area contributed by atoms with Crippen molar-refractivity contribution in [2.24, 2.45) is 5.18 Å². The molecule has 1 aromatic carbocycles. The van der Waals surface area contributed by atoms with Crippen LogP contribution >= 0.6 is 0 Å². The number of nitrogens with zero attached hydrogens (tertiary/aromatic N) is 2. The Bertz CT molecular complexity index is 477. The molecule has 0 N–H and O–H groups in total. The quantitative estimate of drug-likeness (QED) is 0.779. The van der Waals surface area contributed by atoms with Crippen LogP contribution in [0.4, 0.5) is 11.4 Å². The minimum atomic E-state index is 0.554. The number of hydrogen-bond donors (Lipinski definition) is 0. The minimum absolute atomic E-state index is 0.554. The number of rotatable bonds is 4. The largest absolute Gasteiger partial charge is 0.378 e. The van der Waals surface area contributed by atoms with Gasteiger partial charge in [0, 0.05) is 18.8 Å². The van der Waals surface area contributed by atoms with E-state index in [0.29, 0.717) is 11.6 Å². The van der Waals surface area contributed by atoms with E-state index in [-0.39, 0.29) is 0 Å². The Morgan fingerprint density at radius 3 is 2.63 bits per heavy atom. The average Bonchev–Trinajstić information content (AvgIpc) is 3.31. The SMILES string of the molecule is CCc1cc(N=O)c(C2CC2)cc1N1CCOCC1. The first kappa shape index (κ1) is 12.6. The second-order valence-corrected chi connectivity index (χ2v) is 5.36. The molecule has 0 spiro atoms. The summed E-state index contributed by atoms with van der Waals surface area (Å²) in [4.78, 5) is 13.4. The number of nitroso groups, excluding NO2 is 1. The summed E-state index contributed by atoms with van der Waals surface area (Å²) in [5.41, 5.74) is 4.30. The molecule has 0 amide bonds. The number of morpholine rings is 1. The number of aryl methyl sites for hydroxylation is 1. The molecule has 0 bridgehead atoms. The van der Waals surface area contributed by atoms with Crippen molar-refractivity contribution in [2.75, 3.05) is 31.2 Å². The molecule has 2 aliphatic rings. The van der Waals surface area contributed by atoms with Gasteiger partial charge in [-0.2, -0.15) is 0 Å². The van der Waals surface area contributed by atoms with Crippen LogP contribution in [0.3, 0.4) is 0 Å². The summed E-state index contributed by atoms with van der Waals surface area (Å²) in [5, 5.41) is 3.23. The van der Waals surface area contributed by atoms with E-state index >= 15 is 0 Å². The minimum Gasteiger partial charge on any atom is -0.378 e. The normalized spacial score (nSPS) is 19.5. The fourth-order valence-corrected chi connectivity index (χ4v) is 2.82. The van der Waals surface area contributed by atoms with E-state index < -0.39 is 0 Å². The molecule has 1 aromatic rings. The highest BCUT2D eigenvalue weighted by atomic mass is 16.5. The van der Waals surface area contributed by atoms with Gasteiger partial charge in [0.1, 0.15) is 5.69 Å². The van der Waals surface area contributed by atoms with Crippen LogP contribution in [0.1, 0.15) is 36.8 Å². The predicted octanol–water partition coefficient (Wildman–Crippen LogP) is 3.36. The van der Waals surface area contributed by atoms with Crippen LogP contribution in [-0.2, 0) is 11.2 Å². The van der Waals surface area contributed by atoms with Gasteiger partial charge in [-0.15, -0.1) is 4.91 Å². The van der Waals surface area contributed by atoms with Gasteiger partial charge < -0.3 is 9.64 Å². The second kappa shape index (κ2) is 5.29. The first-order valence-electron chi connectivity index (χ1n) is 7.16. The third-order valence-electron chi connectivity index (χ3n) is 4.08. The van der Waals surface area contributed by atoms with E-state index in [0.717, 1.165) is 38.3 Å². The lowest BCUT2D eigenvalue weighted by molar-refractivity contribution is 0.122. The Balaban J connectivity index is 2.00. The summed E-state index contributed by atoms with van der Waals surface area (Å²) < 4.78 is 5.42. The van der Waals surface area contributed by atoms with Crippen molar-refractivity contribution in [1.29, 1.82) is 0 Å². The van der Waals surface area contributed by atoms with Crippen LogP contribution in [0.5, 0.6) is 0 Å². The Morgan fingerprint density at radius 2 is 2.05 bits per heavy atom. The van der Waals surface area contributed by atoms with Crippen molar-refractivity contribution in [3.63, 3.8) is 0 Å². The number of anilines is 1. The van der Waals surface area contributed by atoms with Crippen LogP contribution in [-0.4, -0.2) is 26.3 Å². The van der Waals surface area contributed by atoms with Gasteiger partial charge in [-0.05, 0) is 53.6 Å². The zero-order valence-electron chi connectivity index (χ0n) is 11.4. The van der Waals surface area contributed by atoms with Gasteiger partial charge in [0.2, 0.25) is 0 Å². The molecule has 2 fully saturated rings. The second-order valence-electron chi connectivity index (χ2n) is 5.36. The van der Waals surface area contributed by atoms with Gasteiger partial charge in [0.05, 0.1) is 13.2 Å². The van der Waals surface area contributed by atoms with Gasteiger partial charge in [-0.1, -0.05) is 6.92 Å². The summed E-state index contributed by atoms with van der Waals surface area (Å²) in [6.45, 7) is 5.58. The number of hydrogen-bond acceptors (Lipinski definition) is 4. The highest BCUT2D eigenvalue weighted by Gasteiger charge is 2.28. The Labute approximate surface area is 113 Å². The molecule has 1 aliphatic carbocycles. The van der Waals surface area contributed by atoms with Crippen molar-refractivity contribution in [3.8, 4) is 0 Å². The van der Waals surface area contributed by atoms with Gasteiger partial charge in [-0.25, -0.2) is 0 Å². The van der Waals surface area contributed by atoms with Gasteiger partial charge in [-0.3, -0.25) is 0 Å². The van der Waals surface area contributed by atoms with Crippen molar-refractivity contribution >= 4 is 11.4 Å². The lowest BCUT2D eigenvalue weighted by Gasteiger charge is -2.31. The Kier molecular flexibility index (Phi) is 3.51. The van der Waals surface area contributed by atoms with E-state index in [1.165, 1.54) is 24.1 Å². The molecule has 0 radical (unpaired) electrons. The molecule has 1 heterocycles. The predicted molar refractivity (Wildman–Crippen MR) is 76.3 cm³/mol. The summed E-state index contributed by atoms with van der Waals surface area (Å²) >= 11 is 0. The molecular formula is C15H20N2O2. The molecule has 19 heavy (non-hydrogen) atoms. The maximum atomic E-state index is 11.0. The Morgan fingerprint density at radius 1 is 1.32 bits per heavy atom. The number of benzene rings is 1. The van der Waals surface area contributed by atoms with E-state index in [9.17, 15) is 4.91 Å². The molecule has 4 heteroatoms. The van der Waals surface area contributed by atoms with Crippen molar-refractivity contribution in [2.45, 2.75) is 32.1 Å². The highest BCUT2D eigenvalue weighted by Crippen LogP contribution is 2.46. The third-order valence-corrected chi connectivity index (χ3v) is 4.08. The van der Waals surface area contributed by atoms with E-state index in [1.54, 1.807) is 0 Å². The first-order valence-corrected chi connectivity index (χ1v) is 7.16. The first-order chi connectivity index (χ1) is 9.33. The molecule has 3 rings (SSSR count). The molecule has 1 saturated carbocycles. The van der Waals surface area contributed by atoms with Gasteiger partial charge in [0.25, 0.3) is 0 Å². The summed E-state index contributed by atoms with van der Waals surface area (Å²) in [5.74, 6) is 0.554. The van der Waals surface area contributed by atoms with E-state index in [2.05, 4.69) is 23.1 Å². The maximum Gasteiger partial charge on any atom is 0.111 e.